The topological polar surface area (TPSA) is 34.1 Å². The Kier molecular flexibility index (Phi) is 13.7. The second kappa shape index (κ2) is 19.6. The third-order valence-electron chi connectivity index (χ3n) is 15.9. The van der Waals surface area contributed by atoms with Gasteiger partial charge in [0.05, 0.1) is 9.79 Å². The van der Waals surface area contributed by atoms with Gasteiger partial charge in [0.25, 0.3) is 0 Å². The zero-order valence-corrected chi connectivity index (χ0v) is 40.7. The lowest BCUT2D eigenvalue weighted by Gasteiger charge is -2.33. The molecule has 3 aliphatic rings. The first kappa shape index (κ1) is 45.4. The van der Waals surface area contributed by atoms with Gasteiger partial charge in [-0.2, -0.15) is 0 Å². The summed E-state index contributed by atoms with van der Waals surface area (Å²) in [5.74, 6) is 0. The summed E-state index contributed by atoms with van der Waals surface area (Å²) in [6, 6.07) is 44.8. The standard InChI is InChI=1S/C62H72O2S/c1-5-9-13-21-37-61(38-22-14-10-6-2)55-27-19-17-25-49(55)51-33-29-47(43-57(51)61)45-31-35-59-53(41-45)54-42-46(32-36-60(54)65(59,63)64)48-30-34-52-50-26-18-20-28-56(50)62(58(52)44-48,39-23-15-11-7-3)40-24-16-12-8-4/h17-20,25-36,41-44H,5-16,21-24,37-40H2,1-4H3. The van der Waals surface area contributed by atoms with Gasteiger partial charge >= 0.3 is 0 Å². The van der Waals surface area contributed by atoms with Crippen molar-refractivity contribution in [2.24, 2.45) is 0 Å². The lowest BCUT2D eigenvalue weighted by atomic mass is 9.70. The molecular weight excluding hydrogens is 809 g/mol. The third kappa shape index (κ3) is 8.28. The average molecular weight is 881 g/mol. The Morgan fingerprint density at radius 3 is 1.02 bits per heavy atom. The van der Waals surface area contributed by atoms with E-state index in [0.717, 1.165) is 22.3 Å². The lowest BCUT2D eigenvalue weighted by molar-refractivity contribution is 0.401. The summed E-state index contributed by atoms with van der Waals surface area (Å²) in [5, 5.41) is 0. The summed E-state index contributed by atoms with van der Waals surface area (Å²) in [7, 11) is -3.65. The van der Waals surface area contributed by atoms with E-state index < -0.39 is 9.84 Å². The first-order valence-electron chi connectivity index (χ1n) is 25.8. The number of fused-ring (bicyclic) bond motifs is 9. The van der Waals surface area contributed by atoms with Crippen LogP contribution >= 0.6 is 0 Å². The maximum Gasteiger partial charge on any atom is 0.207 e. The Bertz CT molecular complexity index is 2550. The van der Waals surface area contributed by atoms with Crippen molar-refractivity contribution < 1.29 is 8.42 Å². The van der Waals surface area contributed by atoms with Gasteiger partial charge < -0.3 is 0 Å². The molecule has 1 aliphatic heterocycles. The molecule has 3 heteroatoms. The molecule has 2 aliphatic carbocycles. The predicted octanol–water partition coefficient (Wildman–Crippen LogP) is 18.2. The first-order valence-corrected chi connectivity index (χ1v) is 27.3. The van der Waals surface area contributed by atoms with Crippen LogP contribution < -0.4 is 0 Å². The Morgan fingerprint density at radius 2 is 0.646 bits per heavy atom. The van der Waals surface area contributed by atoms with E-state index >= 15 is 0 Å². The molecule has 1 heterocycles. The van der Waals surface area contributed by atoms with Crippen LogP contribution in [0.2, 0.25) is 0 Å². The number of sulfone groups is 1. The number of rotatable bonds is 22. The highest BCUT2D eigenvalue weighted by molar-refractivity contribution is 7.92. The molecule has 338 valence electrons. The molecule has 6 aromatic carbocycles. The van der Waals surface area contributed by atoms with Crippen molar-refractivity contribution in [2.45, 2.75) is 177 Å². The number of hydrogen-bond acceptors (Lipinski definition) is 2. The van der Waals surface area contributed by atoms with Gasteiger partial charge in [-0.15, -0.1) is 0 Å². The minimum atomic E-state index is -3.65. The van der Waals surface area contributed by atoms with Crippen molar-refractivity contribution in [2.75, 3.05) is 0 Å². The molecule has 2 nitrogen and oxygen atoms in total. The predicted molar refractivity (Wildman–Crippen MR) is 276 cm³/mol. The van der Waals surface area contributed by atoms with E-state index in [1.54, 1.807) is 0 Å². The highest BCUT2D eigenvalue weighted by Gasteiger charge is 2.44. The van der Waals surface area contributed by atoms with Crippen LogP contribution in [0.4, 0.5) is 0 Å². The van der Waals surface area contributed by atoms with Crippen LogP contribution in [0, 0.1) is 0 Å². The van der Waals surface area contributed by atoms with Crippen LogP contribution in [0.5, 0.6) is 0 Å². The molecule has 0 spiro atoms. The van der Waals surface area contributed by atoms with Crippen LogP contribution in [-0.4, -0.2) is 8.42 Å². The minimum Gasteiger partial charge on any atom is -0.218 e. The van der Waals surface area contributed by atoms with E-state index in [0.29, 0.717) is 9.79 Å². The van der Waals surface area contributed by atoms with Gasteiger partial charge in [0.1, 0.15) is 0 Å². The quantitative estimate of drug-likeness (QED) is 0.0636. The van der Waals surface area contributed by atoms with Gasteiger partial charge in [0.2, 0.25) is 9.84 Å². The summed E-state index contributed by atoms with van der Waals surface area (Å²) in [6.45, 7) is 9.21. The molecule has 0 unspecified atom stereocenters. The van der Waals surface area contributed by atoms with Crippen molar-refractivity contribution in [1.29, 1.82) is 0 Å². The van der Waals surface area contributed by atoms with E-state index in [9.17, 15) is 8.42 Å². The van der Waals surface area contributed by atoms with Crippen LogP contribution in [0.25, 0.3) is 55.6 Å². The summed E-state index contributed by atoms with van der Waals surface area (Å²) in [4.78, 5) is 0.844. The SMILES string of the molecule is CCCCCCC1(CCCCCC)c2ccccc2-c2ccc(-c3ccc4c(c3)-c3cc(-c5ccc6c(c5)C(CCCCCC)(CCCCCC)c5ccccc5-6)ccc3S4(=O)=O)cc21. The van der Waals surface area contributed by atoms with Crippen LogP contribution in [0.3, 0.4) is 0 Å². The lowest BCUT2D eigenvalue weighted by Crippen LogP contribution is -2.25. The first-order chi connectivity index (χ1) is 31.8. The van der Waals surface area contributed by atoms with Crippen molar-refractivity contribution >= 4 is 9.84 Å². The summed E-state index contributed by atoms with van der Waals surface area (Å²) in [5.41, 5.74) is 17.6. The average Bonchev–Trinajstić information content (AvgIpc) is 3.86. The fourth-order valence-corrected chi connectivity index (χ4v) is 14.1. The second-order valence-corrected chi connectivity index (χ2v) is 21.8. The van der Waals surface area contributed by atoms with Gasteiger partial charge in [0.15, 0.2) is 0 Å². The normalized spacial score (nSPS) is 15.3. The molecule has 0 saturated carbocycles. The van der Waals surface area contributed by atoms with Crippen molar-refractivity contribution in [3.63, 3.8) is 0 Å². The van der Waals surface area contributed by atoms with E-state index in [-0.39, 0.29) is 10.8 Å². The maximum atomic E-state index is 14.3. The van der Waals surface area contributed by atoms with Gasteiger partial charge in [-0.25, -0.2) is 8.42 Å². The second-order valence-electron chi connectivity index (χ2n) is 19.9. The van der Waals surface area contributed by atoms with Crippen molar-refractivity contribution in [3.8, 4) is 55.6 Å². The largest absolute Gasteiger partial charge is 0.218 e. The van der Waals surface area contributed by atoms with E-state index in [2.05, 4.69) is 137 Å². The number of benzene rings is 6. The molecule has 0 amide bonds. The molecule has 6 aromatic rings. The minimum absolute atomic E-state index is 0.00911. The van der Waals surface area contributed by atoms with Crippen LogP contribution in [0.15, 0.2) is 131 Å². The Morgan fingerprint density at radius 1 is 0.323 bits per heavy atom. The van der Waals surface area contributed by atoms with Crippen molar-refractivity contribution in [1.82, 2.24) is 0 Å². The summed E-state index contributed by atoms with van der Waals surface area (Å²) in [6.07, 6.45) is 24.7. The Hall–Kier alpha value is -4.73. The maximum absolute atomic E-state index is 14.3. The zero-order valence-electron chi connectivity index (χ0n) is 39.9. The molecule has 0 fully saturated rings. The Balaban J connectivity index is 1.10. The number of hydrogen-bond donors (Lipinski definition) is 0. The highest BCUT2D eigenvalue weighted by Crippen LogP contribution is 2.57. The molecular formula is C62H72O2S. The van der Waals surface area contributed by atoms with Crippen LogP contribution in [0.1, 0.15) is 178 Å². The molecule has 9 rings (SSSR count). The third-order valence-corrected chi connectivity index (χ3v) is 17.7. The molecule has 0 radical (unpaired) electrons. The smallest absolute Gasteiger partial charge is 0.207 e. The van der Waals surface area contributed by atoms with Crippen LogP contribution in [-0.2, 0) is 20.7 Å². The Labute approximate surface area is 392 Å². The molecule has 0 saturated heterocycles. The molecule has 0 atom stereocenters. The van der Waals surface area contributed by atoms with E-state index in [1.165, 1.54) is 184 Å². The van der Waals surface area contributed by atoms with Gasteiger partial charge in [-0.3, -0.25) is 0 Å². The van der Waals surface area contributed by atoms with Gasteiger partial charge in [0, 0.05) is 22.0 Å². The molecule has 0 aromatic heterocycles. The van der Waals surface area contributed by atoms with E-state index in [4.69, 9.17) is 0 Å². The van der Waals surface area contributed by atoms with Gasteiger partial charge in [-0.1, -0.05) is 215 Å². The van der Waals surface area contributed by atoms with Gasteiger partial charge in [-0.05, 0) is 129 Å². The highest BCUT2D eigenvalue weighted by atomic mass is 32.2. The summed E-state index contributed by atoms with van der Waals surface area (Å²) < 4.78 is 28.6. The number of unbranched alkanes of at least 4 members (excludes halogenated alkanes) is 12. The fraction of sp³-hybridized carbons (Fsp3) is 0.419. The zero-order chi connectivity index (χ0) is 45.0. The van der Waals surface area contributed by atoms with E-state index in [1.807, 2.05) is 12.1 Å². The van der Waals surface area contributed by atoms with Crippen molar-refractivity contribution in [3.05, 3.63) is 144 Å². The molecule has 0 N–H and O–H groups in total. The molecule has 0 bridgehead atoms. The molecule has 65 heavy (non-hydrogen) atoms. The fourth-order valence-electron chi connectivity index (χ4n) is 12.4. The summed E-state index contributed by atoms with van der Waals surface area (Å²) >= 11 is 0. The monoisotopic (exact) mass is 881 g/mol.